The third-order valence-electron chi connectivity index (χ3n) is 3.96. The van der Waals surface area contributed by atoms with Gasteiger partial charge in [0.2, 0.25) is 0 Å². The third kappa shape index (κ3) is 3.39. The minimum Gasteiger partial charge on any atom is -0.472 e. The summed E-state index contributed by atoms with van der Waals surface area (Å²) in [6, 6.07) is 3.58. The maximum Gasteiger partial charge on any atom is 0.254 e. The van der Waals surface area contributed by atoms with Crippen molar-refractivity contribution in [3.05, 3.63) is 48.3 Å². The molecule has 1 aliphatic carbocycles. The molecular weight excluding hydrogens is 284 g/mol. The molecule has 2 amide bonds. The Kier molecular flexibility index (Phi) is 4.27. The molecule has 1 saturated carbocycles. The molecule has 116 valence electrons. The van der Waals surface area contributed by atoms with Crippen molar-refractivity contribution in [1.29, 1.82) is 0 Å². The second-order valence-electron chi connectivity index (χ2n) is 5.52. The predicted molar refractivity (Wildman–Crippen MR) is 78.4 cm³/mol. The molecule has 0 unspecified atom stereocenters. The highest BCUT2D eigenvalue weighted by molar-refractivity contribution is 5.94. The Morgan fingerprint density at radius 3 is 1.55 bits per heavy atom. The minimum absolute atomic E-state index is 0.111. The molecule has 0 aromatic carbocycles. The lowest BCUT2D eigenvalue weighted by Crippen LogP contribution is -2.43. The highest BCUT2D eigenvalue weighted by atomic mass is 16.3. The number of carbonyl (C=O) groups excluding carboxylic acids is 2. The molecule has 2 heterocycles. The Labute approximate surface area is 127 Å². The van der Waals surface area contributed by atoms with Crippen molar-refractivity contribution >= 4 is 11.8 Å². The maximum atomic E-state index is 11.9. The van der Waals surface area contributed by atoms with Crippen molar-refractivity contribution in [3.63, 3.8) is 0 Å². The van der Waals surface area contributed by atoms with Gasteiger partial charge in [-0.25, -0.2) is 0 Å². The van der Waals surface area contributed by atoms with Crippen LogP contribution in [0.25, 0.3) is 0 Å². The fraction of sp³-hybridized carbons (Fsp3) is 0.375. The van der Waals surface area contributed by atoms with Crippen molar-refractivity contribution in [2.45, 2.75) is 37.8 Å². The van der Waals surface area contributed by atoms with Crippen LogP contribution in [-0.4, -0.2) is 23.9 Å². The van der Waals surface area contributed by atoms with Crippen molar-refractivity contribution in [2.24, 2.45) is 0 Å². The van der Waals surface area contributed by atoms with E-state index in [1.54, 1.807) is 12.1 Å². The van der Waals surface area contributed by atoms with Crippen molar-refractivity contribution in [3.8, 4) is 0 Å². The zero-order valence-electron chi connectivity index (χ0n) is 12.1. The topological polar surface area (TPSA) is 84.5 Å². The molecule has 2 aromatic heterocycles. The molecule has 1 fully saturated rings. The number of rotatable bonds is 4. The van der Waals surface area contributed by atoms with Gasteiger partial charge in [-0.1, -0.05) is 0 Å². The first-order valence-corrected chi connectivity index (χ1v) is 7.38. The van der Waals surface area contributed by atoms with E-state index in [1.165, 1.54) is 25.1 Å². The number of hydrogen-bond acceptors (Lipinski definition) is 4. The van der Waals surface area contributed by atoms with E-state index < -0.39 is 0 Å². The lowest BCUT2D eigenvalue weighted by atomic mass is 9.91. The molecule has 6 heteroatoms. The second kappa shape index (κ2) is 6.51. The van der Waals surface area contributed by atoms with E-state index in [0.29, 0.717) is 11.1 Å². The van der Waals surface area contributed by atoms with Gasteiger partial charge in [0.1, 0.15) is 12.5 Å². The summed E-state index contributed by atoms with van der Waals surface area (Å²) < 4.78 is 9.81. The van der Waals surface area contributed by atoms with Crippen LogP contribution in [0.3, 0.4) is 0 Å². The van der Waals surface area contributed by atoms with Gasteiger partial charge >= 0.3 is 0 Å². The van der Waals surface area contributed by atoms with Gasteiger partial charge in [0, 0.05) is 12.1 Å². The molecule has 0 saturated heterocycles. The van der Waals surface area contributed by atoms with E-state index in [0.717, 1.165) is 25.7 Å². The van der Waals surface area contributed by atoms with E-state index in [-0.39, 0.29) is 23.9 Å². The average Bonchev–Trinajstić information content (AvgIpc) is 3.23. The van der Waals surface area contributed by atoms with Crippen LogP contribution >= 0.6 is 0 Å². The van der Waals surface area contributed by atoms with Crippen LogP contribution in [0.1, 0.15) is 46.4 Å². The van der Waals surface area contributed by atoms with Crippen LogP contribution in [0.4, 0.5) is 0 Å². The Balaban J connectivity index is 1.44. The first-order valence-electron chi connectivity index (χ1n) is 7.38. The van der Waals surface area contributed by atoms with Gasteiger partial charge in [0.15, 0.2) is 0 Å². The molecule has 0 spiro atoms. The highest BCUT2D eigenvalue weighted by Crippen LogP contribution is 2.19. The Hall–Kier alpha value is -2.50. The first-order chi connectivity index (χ1) is 10.7. The van der Waals surface area contributed by atoms with Crippen LogP contribution < -0.4 is 10.6 Å². The Morgan fingerprint density at radius 2 is 1.23 bits per heavy atom. The quantitative estimate of drug-likeness (QED) is 0.908. The lowest BCUT2D eigenvalue weighted by molar-refractivity contribution is 0.0891. The lowest BCUT2D eigenvalue weighted by Gasteiger charge is -2.29. The van der Waals surface area contributed by atoms with Gasteiger partial charge in [0.25, 0.3) is 11.8 Å². The van der Waals surface area contributed by atoms with Crippen molar-refractivity contribution in [2.75, 3.05) is 0 Å². The summed E-state index contributed by atoms with van der Waals surface area (Å²) in [5.74, 6) is -0.223. The molecule has 22 heavy (non-hydrogen) atoms. The summed E-state index contributed by atoms with van der Waals surface area (Å²) in [5.41, 5.74) is 1.07. The van der Waals surface area contributed by atoms with Gasteiger partial charge in [-0.05, 0) is 37.8 Å². The molecule has 2 N–H and O–H groups in total. The monoisotopic (exact) mass is 302 g/mol. The van der Waals surface area contributed by atoms with E-state index >= 15 is 0 Å². The smallest absolute Gasteiger partial charge is 0.254 e. The highest BCUT2D eigenvalue weighted by Gasteiger charge is 2.24. The standard InChI is InChI=1S/C16H18N2O4/c19-15(11-5-7-21-9-11)17-13-1-2-14(4-3-13)18-16(20)12-6-8-22-10-12/h5-10,13-14H,1-4H2,(H,17,19)(H,18,20). The van der Waals surface area contributed by atoms with E-state index in [4.69, 9.17) is 8.83 Å². The average molecular weight is 302 g/mol. The Morgan fingerprint density at radius 1 is 0.818 bits per heavy atom. The summed E-state index contributed by atoms with van der Waals surface area (Å²) in [7, 11) is 0. The van der Waals surface area contributed by atoms with Gasteiger partial charge < -0.3 is 19.5 Å². The molecule has 0 radical (unpaired) electrons. The van der Waals surface area contributed by atoms with Gasteiger partial charge in [-0.2, -0.15) is 0 Å². The molecule has 1 aliphatic rings. The normalized spacial score (nSPS) is 21.3. The van der Waals surface area contributed by atoms with Crippen LogP contribution in [-0.2, 0) is 0 Å². The number of hydrogen-bond donors (Lipinski definition) is 2. The summed E-state index contributed by atoms with van der Waals surface area (Å²) in [6.45, 7) is 0. The van der Waals surface area contributed by atoms with Gasteiger partial charge in [0.05, 0.1) is 23.7 Å². The third-order valence-corrected chi connectivity index (χ3v) is 3.96. The summed E-state index contributed by atoms with van der Waals surface area (Å²) >= 11 is 0. The summed E-state index contributed by atoms with van der Waals surface area (Å²) in [4.78, 5) is 23.9. The fourth-order valence-electron chi connectivity index (χ4n) is 2.71. The fourth-order valence-corrected chi connectivity index (χ4v) is 2.71. The van der Waals surface area contributed by atoms with E-state index in [9.17, 15) is 9.59 Å². The number of carbonyl (C=O) groups is 2. The van der Waals surface area contributed by atoms with Crippen LogP contribution in [0.15, 0.2) is 46.0 Å². The van der Waals surface area contributed by atoms with Crippen LogP contribution in [0.5, 0.6) is 0 Å². The Bertz CT molecular complexity index is 554. The zero-order chi connectivity index (χ0) is 15.4. The van der Waals surface area contributed by atoms with Crippen molar-refractivity contribution in [1.82, 2.24) is 10.6 Å². The molecule has 6 nitrogen and oxygen atoms in total. The van der Waals surface area contributed by atoms with E-state index in [2.05, 4.69) is 10.6 Å². The molecule has 0 atom stereocenters. The largest absolute Gasteiger partial charge is 0.472 e. The number of nitrogens with one attached hydrogen (secondary N) is 2. The predicted octanol–water partition coefficient (Wildman–Crippen LogP) is 2.34. The van der Waals surface area contributed by atoms with Gasteiger partial charge in [-0.3, -0.25) is 9.59 Å². The number of furan rings is 2. The molecular formula is C16H18N2O4. The maximum absolute atomic E-state index is 11.9. The van der Waals surface area contributed by atoms with Crippen LogP contribution in [0.2, 0.25) is 0 Å². The number of amides is 2. The molecule has 3 rings (SSSR count). The summed E-state index contributed by atoms with van der Waals surface area (Å²) in [5, 5.41) is 5.99. The minimum atomic E-state index is -0.111. The van der Waals surface area contributed by atoms with Crippen LogP contribution in [0, 0.1) is 0 Å². The molecule has 0 aliphatic heterocycles. The zero-order valence-corrected chi connectivity index (χ0v) is 12.1. The van der Waals surface area contributed by atoms with E-state index in [1.807, 2.05) is 0 Å². The van der Waals surface area contributed by atoms with Crippen molar-refractivity contribution < 1.29 is 18.4 Å². The molecule has 2 aromatic rings. The molecule has 0 bridgehead atoms. The van der Waals surface area contributed by atoms with Gasteiger partial charge in [-0.15, -0.1) is 0 Å². The first kappa shape index (κ1) is 14.4. The SMILES string of the molecule is O=C(NC1CCC(NC(=O)c2ccoc2)CC1)c1ccoc1. The second-order valence-corrected chi connectivity index (χ2v) is 5.52. The summed E-state index contributed by atoms with van der Waals surface area (Å²) in [6.07, 6.45) is 9.23.